The van der Waals surface area contributed by atoms with Crippen molar-refractivity contribution >= 4 is 22.7 Å². The lowest BCUT2D eigenvalue weighted by Gasteiger charge is -2.06. The van der Waals surface area contributed by atoms with Crippen LogP contribution in [0, 0.1) is 6.92 Å². The topological polar surface area (TPSA) is 98.5 Å². The molecule has 0 unspecified atom stereocenters. The monoisotopic (exact) mass is 373 g/mol. The molecule has 138 valence electrons. The number of aromatic nitrogens is 4. The average molecular weight is 373 g/mol. The standard InChI is InChI=1S/C20H15N5O3/c1-12-18-14(9-15(16-5-4-8-27-16)23-20(18)28-24-12)19(26)21-10-13-11-25-7-3-2-6-17(25)22-13/h2-9,11H,10H2,1H3,(H,21,26). The van der Waals surface area contributed by atoms with Crippen LogP contribution in [0.15, 0.2) is 64.0 Å². The van der Waals surface area contributed by atoms with Crippen LogP contribution in [-0.4, -0.2) is 25.4 Å². The third kappa shape index (κ3) is 2.71. The molecule has 0 saturated carbocycles. The molecule has 0 bridgehead atoms. The third-order valence-electron chi connectivity index (χ3n) is 4.48. The molecule has 8 heteroatoms. The van der Waals surface area contributed by atoms with Gasteiger partial charge in [-0.25, -0.2) is 9.97 Å². The van der Waals surface area contributed by atoms with Crippen molar-refractivity contribution in [2.24, 2.45) is 0 Å². The Morgan fingerprint density at radius 3 is 2.96 bits per heavy atom. The van der Waals surface area contributed by atoms with Crippen LogP contribution in [0.5, 0.6) is 0 Å². The fourth-order valence-electron chi connectivity index (χ4n) is 3.16. The molecule has 0 aliphatic heterocycles. The molecular weight excluding hydrogens is 358 g/mol. The van der Waals surface area contributed by atoms with Crippen molar-refractivity contribution in [2.75, 3.05) is 0 Å². The summed E-state index contributed by atoms with van der Waals surface area (Å²) in [7, 11) is 0. The fourth-order valence-corrected chi connectivity index (χ4v) is 3.16. The van der Waals surface area contributed by atoms with Crippen LogP contribution >= 0.6 is 0 Å². The van der Waals surface area contributed by atoms with Crippen molar-refractivity contribution in [2.45, 2.75) is 13.5 Å². The van der Waals surface area contributed by atoms with Crippen LogP contribution in [0.1, 0.15) is 21.7 Å². The van der Waals surface area contributed by atoms with E-state index in [1.807, 2.05) is 35.0 Å². The quantitative estimate of drug-likeness (QED) is 0.519. The van der Waals surface area contributed by atoms with Crippen LogP contribution in [0.3, 0.4) is 0 Å². The lowest BCUT2D eigenvalue weighted by Crippen LogP contribution is -2.23. The molecule has 8 nitrogen and oxygen atoms in total. The summed E-state index contributed by atoms with van der Waals surface area (Å²) in [5, 5.41) is 7.45. The number of fused-ring (bicyclic) bond motifs is 2. The van der Waals surface area contributed by atoms with Gasteiger partial charge in [-0.05, 0) is 37.3 Å². The number of hydrogen-bond acceptors (Lipinski definition) is 6. The minimum Gasteiger partial charge on any atom is -0.463 e. The van der Waals surface area contributed by atoms with Crippen LogP contribution in [0.4, 0.5) is 0 Å². The first-order valence-corrected chi connectivity index (χ1v) is 8.71. The van der Waals surface area contributed by atoms with Crippen LogP contribution in [0.25, 0.3) is 28.2 Å². The van der Waals surface area contributed by atoms with Crippen molar-refractivity contribution in [1.82, 2.24) is 24.8 Å². The number of amides is 1. The van der Waals surface area contributed by atoms with Crippen LogP contribution in [-0.2, 0) is 6.54 Å². The smallest absolute Gasteiger partial charge is 0.259 e. The van der Waals surface area contributed by atoms with Gasteiger partial charge < -0.3 is 18.7 Å². The van der Waals surface area contributed by atoms with Crippen molar-refractivity contribution in [3.8, 4) is 11.5 Å². The summed E-state index contributed by atoms with van der Waals surface area (Å²) < 4.78 is 12.6. The highest BCUT2D eigenvalue weighted by Gasteiger charge is 2.20. The Balaban J connectivity index is 1.48. The zero-order valence-corrected chi connectivity index (χ0v) is 14.9. The molecule has 0 aliphatic rings. The first-order valence-electron chi connectivity index (χ1n) is 8.71. The first kappa shape index (κ1) is 16.2. The minimum atomic E-state index is -0.261. The van der Waals surface area contributed by atoms with E-state index < -0.39 is 0 Å². The van der Waals surface area contributed by atoms with Gasteiger partial charge in [0.25, 0.3) is 11.6 Å². The Morgan fingerprint density at radius 2 is 2.14 bits per heavy atom. The van der Waals surface area contributed by atoms with Gasteiger partial charge in [0.15, 0.2) is 5.76 Å². The Morgan fingerprint density at radius 1 is 1.21 bits per heavy atom. The SMILES string of the molecule is Cc1noc2nc(-c3ccco3)cc(C(=O)NCc3cn4ccccc4n3)c12. The van der Waals surface area contributed by atoms with Gasteiger partial charge in [0.05, 0.1) is 35.1 Å². The van der Waals surface area contributed by atoms with E-state index in [-0.39, 0.29) is 5.91 Å². The Kier molecular flexibility index (Phi) is 3.68. The Hall–Kier alpha value is -3.94. The second kappa shape index (κ2) is 6.34. The van der Waals surface area contributed by atoms with Gasteiger partial charge in [0, 0.05) is 12.4 Å². The van der Waals surface area contributed by atoms with E-state index in [0.717, 1.165) is 11.3 Å². The number of furan rings is 1. The summed E-state index contributed by atoms with van der Waals surface area (Å²) in [5.74, 6) is 0.286. The van der Waals surface area contributed by atoms with Crippen molar-refractivity contribution < 1.29 is 13.7 Å². The zero-order chi connectivity index (χ0) is 19.1. The molecule has 1 N–H and O–H groups in total. The number of imidazole rings is 1. The number of pyridine rings is 2. The summed E-state index contributed by atoms with van der Waals surface area (Å²) in [6.07, 6.45) is 5.35. The van der Waals surface area contributed by atoms with Crippen molar-refractivity contribution in [3.63, 3.8) is 0 Å². The Labute approximate surface area is 158 Å². The van der Waals surface area contributed by atoms with Crippen LogP contribution in [0.2, 0.25) is 0 Å². The summed E-state index contributed by atoms with van der Waals surface area (Å²) in [5.41, 5.74) is 3.42. The van der Waals surface area contributed by atoms with Crippen molar-refractivity contribution in [3.05, 3.63) is 72.0 Å². The molecule has 0 spiro atoms. The highest BCUT2D eigenvalue weighted by Crippen LogP contribution is 2.27. The van der Waals surface area contributed by atoms with E-state index in [0.29, 0.717) is 40.4 Å². The number of nitrogens with one attached hydrogen (secondary N) is 1. The number of carbonyl (C=O) groups excluding carboxylic acids is 1. The molecule has 5 heterocycles. The van der Waals surface area contributed by atoms with E-state index in [9.17, 15) is 4.79 Å². The normalized spacial score (nSPS) is 11.3. The summed E-state index contributed by atoms with van der Waals surface area (Å²) in [6, 6.07) is 11.0. The molecule has 5 aromatic heterocycles. The van der Waals surface area contributed by atoms with E-state index >= 15 is 0 Å². The molecule has 0 atom stereocenters. The summed E-state index contributed by atoms with van der Waals surface area (Å²) in [6.45, 7) is 2.07. The maximum Gasteiger partial charge on any atom is 0.259 e. The molecular formula is C20H15N5O3. The molecule has 0 aliphatic carbocycles. The van der Waals surface area contributed by atoms with E-state index in [1.54, 1.807) is 31.4 Å². The summed E-state index contributed by atoms with van der Waals surface area (Å²) in [4.78, 5) is 21.9. The molecule has 28 heavy (non-hydrogen) atoms. The van der Waals surface area contributed by atoms with Gasteiger partial charge in [-0.2, -0.15) is 0 Å². The molecule has 0 aromatic carbocycles. The number of rotatable bonds is 4. The lowest BCUT2D eigenvalue weighted by atomic mass is 10.1. The number of aryl methyl sites for hydroxylation is 1. The first-order chi connectivity index (χ1) is 13.7. The fraction of sp³-hybridized carbons (Fsp3) is 0.100. The number of hydrogen-bond donors (Lipinski definition) is 1. The maximum absolute atomic E-state index is 12.9. The van der Waals surface area contributed by atoms with E-state index in [4.69, 9.17) is 8.94 Å². The van der Waals surface area contributed by atoms with E-state index in [2.05, 4.69) is 20.4 Å². The highest BCUT2D eigenvalue weighted by molar-refractivity contribution is 6.06. The minimum absolute atomic E-state index is 0.261. The van der Waals surface area contributed by atoms with Gasteiger partial charge in [-0.1, -0.05) is 11.2 Å². The average Bonchev–Trinajstić information content (AvgIpc) is 3.45. The predicted octanol–water partition coefficient (Wildman–Crippen LogP) is 3.37. The maximum atomic E-state index is 12.9. The second-order valence-corrected chi connectivity index (χ2v) is 6.36. The Bertz CT molecular complexity index is 1270. The second-order valence-electron chi connectivity index (χ2n) is 6.36. The molecule has 5 rings (SSSR count). The number of nitrogens with zero attached hydrogens (tertiary/aromatic N) is 4. The third-order valence-corrected chi connectivity index (χ3v) is 4.48. The van der Waals surface area contributed by atoms with Crippen molar-refractivity contribution in [1.29, 1.82) is 0 Å². The van der Waals surface area contributed by atoms with Gasteiger partial charge in [0.1, 0.15) is 11.3 Å². The van der Waals surface area contributed by atoms with Gasteiger partial charge in [-0.3, -0.25) is 4.79 Å². The predicted molar refractivity (Wildman–Crippen MR) is 101 cm³/mol. The van der Waals surface area contributed by atoms with Gasteiger partial charge >= 0.3 is 0 Å². The molecule has 0 radical (unpaired) electrons. The molecule has 1 amide bonds. The molecule has 0 fully saturated rings. The summed E-state index contributed by atoms with van der Waals surface area (Å²) >= 11 is 0. The number of carbonyl (C=O) groups is 1. The molecule has 5 aromatic rings. The molecule has 0 saturated heterocycles. The highest BCUT2D eigenvalue weighted by atomic mass is 16.5. The van der Waals surface area contributed by atoms with Gasteiger partial charge in [0.2, 0.25) is 0 Å². The zero-order valence-electron chi connectivity index (χ0n) is 14.9. The largest absolute Gasteiger partial charge is 0.463 e. The van der Waals surface area contributed by atoms with Crippen LogP contribution < -0.4 is 5.32 Å². The van der Waals surface area contributed by atoms with E-state index in [1.165, 1.54) is 0 Å². The lowest BCUT2D eigenvalue weighted by molar-refractivity contribution is 0.0952. The van der Waals surface area contributed by atoms with Gasteiger partial charge in [-0.15, -0.1) is 0 Å².